The van der Waals surface area contributed by atoms with Gasteiger partial charge >= 0.3 is 6.18 Å². The fourth-order valence-corrected chi connectivity index (χ4v) is 4.08. The fourth-order valence-electron chi connectivity index (χ4n) is 3.19. The van der Waals surface area contributed by atoms with E-state index in [9.17, 15) is 18.0 Å². The number of halogens is 3. The highest BCUT2D eigenvalue weighted by atomic mass is 32.1. The maximum Gasteiger partial charge on any atom is 0.433 e. The van der Waals surface area contributed by atoms with Crippen LogP contribution in [-0.2, 0) is 23.9 Å². The van der Waals surface area contributed by atoms with Crippen molar-refractivity contribution in [3.05, 3.63) is 40.0 Å². The second-order valence-electron chi connectivity index (χ2n) is 6.24. The number of rotatable bonds is 2. The molecule has 2 aromatic heterocycles. The minimum Gasteiger partial charge on any atom is -0.355 e. The number of alkyl halides is 3. The second kappa shape index (κ2) is 5.98. The first-order valence-electron chi connectivity index (χ1n) is 7.90. The molecule has 1 saturated heterocycles. The quantitative estimate of drug-likeness (QED) is 0.818. The van der Waals surface area contributed by atoms with Gasteiger partial charge in [0.05, 0.1) is 5.92 Å². The van der Waals surface area contributed by atoms with Crippen LogP contribution in [0.1, 0.15) is 16.1 Å². The molecule has 0 spiro atoms. The number of nitrogens with zero attached hydrogens (tertiary/aromatic N) is 4. The molecule has 0 N–H and O–H groups in total. The molecular formula is C16H15F3N4OS. The Morgan fingerprint density at radius 3 is 2.84 bits per heavy atom. The van der Waals surface area contributed by atoms with Gasteiger partial charge in [-0.15, -0.1) is 11.3 Å². The van der Waals surface area contributed by atoms with E-state index in [1.165, 1.54) is 10.4 Å². The molecule has 0 unspecified atom stereocenters. The van der Waals surface area contributed by atoms with E-state index in [2.05, 4.69) is 9.97 Å². The summed E-state index contributed by atoms with van der Waals surface area (Å²) in [6, 6.07) is 2.98. The Morgan fingerprint density at radius 1 is 1.28 bits per heavy atom. The Kier molecular flexibility index (Phi) is 3.90. The van der Waals surface area contributed by atoms with Gasteiger partial charge in [-0.3, -0.25) is 4.79 Å². The zero-order chi connectivity index (χ0) is 17.6. The molecule has 132 valence electrons. The van der Waals surface area contributed by atoms with Crippen LogP contribution < -0.4 is 4.90 Å². The van der Waals surface area contributed by atoms with Gasteiger partial charge in [0, 0.05) is 37.1 Å². The smallest absolute Gasteiger partial charge is 0.355 e. The van der Waals surface area contributed by atoms with E-state index in [-0.39, 0.29) is 17.6 Å². The van der Waals surface area contributed by atoms with E-state index in [1.54, 1.807) is 16.2 Å². The van der Waals surface area contributed by atoms with Crippen LogP contribution in [-0.4, -0.2) is 40.4 Å². The standard InChI is InChI=1S/C16H15F3N4OS/c17-16(18,19)13-5-14(21-9-20-13)23-7-11(8-23)15(24)22-3-1-12-10(6-22)2-4-25-12/h2,4-5,9,11H,1,3,6-8H2. The van der Waals surface area contributed by atoms with Gasteiger partial charge in [-0.05, 0) is 23.4 Å². The van der Waals surface area contributed by atoms with E-state index in [4.69, 9.17) is 0 Å². The summed E-state index contributed by atoms with van der Waals surface area (Å²) in [7, 11) is 0. The van der Waals surface area contributed by atoms with Gasteiger partial charge in [0.15, 0.2) is 0 Å². The summed E-state index contributed by atoms with van der Waals surface area (Å²) in [5.74, 6) is 0.0906. The first-order valence-corrected chi connectivity index (χ1v) is 8.78. The zero-order valence-electron chi connectivity index (χ0n) is 13.2. The normalized spacial score (nSPS) is 18.0. The lowest BCUT2D eigenvalue weighted by atomic mass is 9.97. The average molecular weight is 368 g/mol. The Hall–Kier alpha value is -2.16. The molecule has 5 nitrogen and oxygen atoms in total. The van der Waals surface area contributed by atoms with Crippen LogP contribution in [0.15, 0.2) is 23.8 Å². The Bertz CT molecular complexity index is 801. The Balaban J connectivity index is 1.38. The predicted molar refractivity (Wildman–Crippen MR) is 86.2 cm³/mol. The molecule has 9 heteroatoms. The van der Waals surface area contributed by atoms with Crippen molar-refractivity contribution in [3.8, 4) is 0 Å². The number of hydrogen-bond acceptors (Lipinski definition) is 5. The van der Waals surface area contributed by atoms with Crippen LogP contribution in [0.3, 0.4) is 0 Å². The molecule has 2 aliphatic rings. The van der Waals surface area contributed by atoms with Gasteiger partial charge in [0.2, 0.25) is 5.91 Å². The molecule has 0 aliphatic carbocycles. The highest BCUT2D eigenvalue weighted by molar-refractivity contribution is 7.10. The summed E-state index contributed by atoms with van der Waals surface area (Å²) in [6.07, 6.45) is -2.71. The van der Waals surface area contributed by atoms with Crippen LogP contribution in [0, 0.1) is 5.92 Å². The molecule has 0 atom stereocenters. The van der Waals surface area contributed by atoms with Crippen molar-refractivity contribution in [2.75, 3.05) is 24.5 Å². The maximum atomic E-state index is 12.7. The van der Waals surface area contributed by atoms with E-state index in [0.717, 1.165) is 18.8 Å². The van der Waals surface area contributed by atoms with Crippen molar-refractivity contribution in [2.45, 2.75) is 19.1 Å². The van der Waals surface area contributed by atoms with E-state index in [0.29, 0.717) is 26.2 Å². The first kappa shape index (κ1) is 16.3. The number of anilines is 1. The van der Waals surface area contributed by atoms with Crippen molar-refractivity contribution < 1.29 is 18.0 Å². The molecule has 4 rings (SSSR count). The van der Waals surface area contributed by atoms with E-state index >= 15 is 0 Å². The minimum atomic E-state index is -4.50. The molecule has 2 aromatic rings. The minimum absolute atomic E-state index is 0.0678. The van der Waals surface area contributed by atoms with Crippen LogP contribution in [0.2, 0.25) is 0 Å². The lowest BCUT2D eigenvalue weighted by molar-refractivity contribution is -0.141. The van der Waals surface area contributed by atoms with E-state index < -0.39 is 11.9 Å². The van der Waals surface area contributed by atoms with Gasteiger partial charge in [0.25, 0.3) is 0 Å². The van der Waals surface area contributed by atoms with Gasteiger partial charge < -0.3 is 9.80 Å². The van der Waals surface area contributed by atoms with Gasteiger partial charge in [-0.2, -0.15) is 13.2 Å². The SMILES string of the molecule is O=C(C1CN(c2cc(C(F)(F)F)ncn2)C1)N1CCc2sccc2C1. The van der Waals surface area contributed by atoms with Crippen LogP contribution in [0.25, 0.3) is 0 Å². The van der Waals surface area contributed by atoms with Gasteiger partial charge in [-0.25, -0.2) is 9.97 Å². The number of amides is 1. The molecule has 0 saturated carbocycles. The van der Waals surface area contributed by atoms with Crippen LogP contribution in [0.4, 0.5) is 19.0 Å². The first-order chi connectivity index (χ1) is 11.9. The second-order valence-corrected chi connectivity index (χ2v) is 7.24. The molecule has 4 heterocycles. The number of aromatic nitrogens is 2. The number of fused-ring (bicyclic) bond motifs is 1. The van der Waals surface area contributed by atoms with Gasteiger partial charge in [0.1, 0.15) is 17.8 Å². The number of hydrogen-bond donors (Lipinski definition) is 0. The topological polar surface area (TPSA) is 49.3 Å². The maximum absolute atomic E-state index is 12.7. The summed E-state index contributed by atoms with van der Waals surface area (Å²) in [5.41, 5.74) is 0.236. The molecule has 0 aromatic carbocycles. The van der Waals surface area contributed by atoms with Crippen LogP contribution >= 0.6 is 11.3 Å². The van der Waals surface area contributed by atoms with Crippen molar-refractivity contribution >= 4 is 23.1 Å². The largest absolute Gasteiger partial charge is 0.433 e. The third kappa shape index (κ3) is 3.08. The third-order valence-electron chi connectivity index (χ3n) is 4.62. The molecule has 2 aliphatic heterocycles. The van der Waals surface area contributed by atoms with Crippen LogP contribution in [0.5, 0.6) is 0 Å². The fraction of sp³-hybridized carbons (Fsp3) is 0.438. The van der Waals surface area contributed by atoms with Crippen molar-refractivity contribution in [1.82, 2.24) is 14.9 Å². The van der Waals surface area contributed by atoms with Gasteiger partial charge in [-0.1, -0.05) is 0 Å². The monoisotopic (exact) mass is 368 g/mol. The highest BCUT2D eigenvalue weighted by Gasteiger charge is 2.39. The lowest BCUT2D eigenvalue weighted by Gasteiger charge is -2.42. The summed E-state index contributed by atoms with van der Waals surface area (Å²) in [4.78, 5) is 24.6. The predicted octanol–water partition coefficient (Wildman–Crippen LogP) is 2.58. The molecule has 1 fully saturated rings. The molecule has 0 bridgehead atoms. The van der Waals surface area contributed by atoms with Crippen molar-refractivity contribution in [3.63, 3.8) is 0 Å². The lowest BCUT2D eigenvalue weighted by Crippen LogP contribution is -2.55. The summed E-state index contributed by atoms with van der Waals surface area (Å²) in [5, 5.41) is 2.04. The Morgan fingerprint density at radius 2 is 2.08 bits per heavy atom. The molecule has 25 heavy (non-hydrogen) atoms. The molecule has 1 amide bonds. The average Bonchev–Trinajstić information content (AvgIpc) is 3.00. The molecule has 0 radical (unpaired) electrons. The van der Waals surface area contributed by atoms with E-state index in [1.807, 2.05) is 16.3 Å². The molecular weight excluding hydrogens is 353 g/mol. The number of thiophene rings is 1. The summed E-state index contributed by atoms with van der Waals surface area (Å²) < 4.78 is 38.2. The third-order valence-corrected chi connectivity index (χ3v) is 5.64. The number of carbonyl (C=O) groups excluding carboxylic acids is 1. The number of carbonyl (C=O) groups is 1. The highest BCUT2D eigenvalue weighted by Crippen LogP contribution is 2.32. The Labute approximate surface area is 146 Å². The summed E-state index contributed by atoms with van der Waals surface area (Å²) in [6.45, 7) is 2.11. The zero-order valence-corrected chi connectivity index (χ0v) is 14.0. The summed E-state index contributed by atoms with van der Waals surface area (Å²) >= 11 is 1.72. The van der Waals surface area contributed by atoms with Crippen molar-refractivity contribution in [1.29, 1.82) is 0 Å². The van der Waals surface area contributed by atoms with Crippen molar-refractivity contribution in [2.24, 2.45) is 5.92 Å².